The summed E-state index contributed by atoms with van der Waals surface area (Å²) in [4.78, 5) is 32.0. The van der Waals surface area contributed by atoms with Crippen LogP contribution in [0, 0.1) is 11.3 Å². The van der Waals surface area contributed by atoms with E-state index in [1.54, 1.807) is 20.3 Å². The first-order valence-corrected chi connectivity index (χ1v) is 16.7. The summed E-state index contributed by atoms with van der Waals surface area (Å²) >= 11 is 2.83. The third-order valence-corrected chi connectivity index (χ3v) is 9.93. The van der Waals surface area contributed by atoms with Gasteiger partial charge in [0.2, 0.25) is 5.91 Å². The molecule has 2 aromatic heterocycles. The number of thioether (sulfide) groups is 1. The highest BCUT2D eigenvalue weighted by Gasteiger charge is 2.26. The van der Waals surface area contributed by atoms with Crippen LogP contribution in [0.2, 0.25) is 0 Å². The van der Waals surface area contributed by atoms with E-state index in [0.717, 1.165) is 48.1 Å². The second-order valence-corrected chi connectivity index (χ2v) is 12.7. The number of nitrogens with one attached hydrogen (secondary N) is 1. The molecule has 2 aromatic carbocycles. The number of aryl methyl sites for hydroxylation is 1. The smallest absolute Gasteiger partial charge is 0.341 e. The van der Waals surface area contributed by atoms with Gasteiger partial charge in [0.1, 0.15) is 16.1 Å². The molecule has 0 saturated heterocycles. The summed E-state index contributed by atoms with van der Waals surface area (Å²) < 4.78 is 16.3. The molecule has 0 fully saturated rings. The molecule has 10 heteroatoms. The summed E-state index contributed by atoms with van der Waals surface area (Å²) in [7, 11) is 4.51. The van der Waals surface area contributed by atoms with Gasteiger partial charge in [0.05, 0.1) is 38.2 Å². The maximum Gasteiger partial charge on any atom is 0.341 e. The van der Waals surface area contributed by atoms with Crippen LogP contribution in [-0.4, -0.2) is 43.9 Å². The summed E-state index contributed by atoms with van der Waals surface area (Å²) in [5.74, 6) is 0.811. The Hall–Kier alpha value is -4.33. The average molecular weight is 642 g/mol. The zero-order chi connectivity index (χ0) is 31.8. The highest BCUT2D eigenvalue weighted by atomic mass is 32.2. The zero-order valence-electron chi connectivity index (χ0n) is 25.6. The number of benzene rings is 2. The number of anilines is 1. The molecule has 0 aliphatic heterocycles. The molecule has 45 heavy (non-hydrogen) atoms. The van der Waals surface area contributed by atoms with Crippen molar-refractivity contribution in [1.29, 1.82) is 5.26 Å². The Bertz CT molecular complexity index is 1730. The highest BCUT2D eigenvalue weighted by Crippen LogP contribution is 2.42. The lowest BCUT2D eigenvalue weighted by Gasteiger charge is -2.16. The van der Waals surface area contributed by atoms with Crippen molar-refractivity contribution in [3.05, 3.63) is 76.2 Å². The number of nitriles is 1. The van der Waals surface area contributed by atoms with E-state index < -0.39 is 5.97 Å². The number of esters is 1. The normalized spacial score (nSPS) is 12.7. The summed E-state index contributed by atoms with van der Waals surface area (Å²) in [5, 5.41) is 14.4. The van der Waals surface area contributed by atoms with Gasteiger partial charge >= 0.3 is 5.97 Å². The molecule has 0 atom stereocenters. The molecule has 8 nitrogen and oxygen atoms in total. The fourth-order valence-electron chi connectivity index (χ4n) is 5.56. The summed E-state index contributed by atoms with van der Waals surface area (Å²) in [6.45, 7) is 0. The first-order valence-electron chi connectivity index (χ1n) is 14.9. The minimum absolute atomic E-state index is 0.160. The van der Waals surface area contributed by atoms with Crippen LogP contribution in [0.3, 0.4) is 0 Å². The number of carbonyl (C=O) groups excluding carboxylic acids is 2. The predicted molar refractivity (Wildman–Crippen MR) is 178 cm³/mol. The lowest BCUT2D eigenvalue weighted by molar-refractivity contribution is -0.115. The minimum atomic E-state index is -0.418. The number of nitrogens with zero attached hydrogens (tertiary/aromatic N) is 2. The fourth-order valence-corrected chi connectivity index (χ4v) is 7.79. The topological polar surface area (TPSA) is 111 Å². The van der Waals surface area contributed by atoms with Gasteiger partial charge in [0.15, 0.2) is 11.5 Å². The number of hydrogen-bond donors (Lipinski definition) is 1. The molecular formula is C35H35N3O5S2. The van der Waals surface area contributed by atoms with Gasteiger partial charge in [-0.25, -0.2) is 9.78 Å². The van der Waals surface area contributed by atoms with Gasteiger partial charge in [-0.2, -0.15) is 5.26 Å². The van der Waals surface area contributed by atoms with Crippen molar-refractivity contribution in [2.75, 3.05) is 32.4 Å². The molecule has 0 bridgehead atoms. The third-order valence-electron chi connectivity index (χ3n) is 7.74. The molecule has 1 amide bonds. The summed E-state index contributed by atoms with van der Waals surface area (Å²) in [5.41, 5.74) is 4.84. The molecule has 0 unspecified atom stereocenters. The molecule has 0 saturated carbocycles. The van der Waals surface area contributed by atoms with Crippen LogP contribution in [0.15, 0.2) is 59.6 Å². The Morgan fingerprint density at radius 1 is 0.978 bits per heavy atom. The van der Waals surface area contributed by atoms with Gasteiger partial charge in [-0.05, 0) is 43.4 Å². The number of methoxy groups -OCH3 is 3. The molecule has 5 rings (SSSR count). The van der Waals surface area contributed by atoms with Crippen LogP contribution in [0.1, 0.15) is 58.5 Å². The number of ether oxygens (including phenoxy) is 3. The summed E-state index contributed by atoms with van der Waals surface area (Å²) in [6, 6.07) is 19.5. The maximum atomic E-state index is 13.2. The van der Waals surface area contributed by atoms with E-state index in [-0.39, 0.29) is 12.3 Å². The Morgan fingerprint density at radius 2 is 1.76 bits per heavy atom. The van der Waals surface area contributed by atoms with Gasteiger partial charge in [-0.1, -0.05) is 55.3 Å². The lowest BCUT2D eigenvalue weighted by atomic mass is 9.96. The van der Waals surface area contributed by atoms with E-state index >= 15 is 0 Å². The van der Waals surface area contributed by atoms with E-state index in [1.165, 1.54) is 36.6 Å². The van der Waals surface area contributed by atoms with Crippen LogP contribution in [0.25, 0.3) is 22.4 Å². The number of pyridine rings is 1. The van der Waals surface area contributed by atoms with Gasteiger partial charge in [-0.15, -0.1) is 23.1 Å². The number of aromatic nitrogens is 1. The molecule has 2 heterocycles. The van der Waals surface area contributed by atoms with Crippen LogP contribution in [0.5, 0.6) is 11.5 Å². The third kappa shape index (κ3) is 7.16. The zero-order valence-corrected chi connectivity index (χ0v) is 27.2. The van der Waals surface area contributed by atoms with E-state index in [4.69, 9.17) is 19.2 Å². The Kier molecular flexibility index (Phi) is 10.8. The van der Waals surface area contributed by atoms with Crippen molar-refractivity contribution >= 4 is 40.0 Å². The first kappa shape index (κ1) is 32.1. The molecular weight excluding hydrogens is 607 g/mol. The van der Waals surface area contributed by atoms with Gasteiger partial charge in [0, 0.05) is 33.7 Å². The van der Waals surface area contributed by atoms with Gasteiger partial charge in [0.25, 0.3) is 0 Å². The van der Waals surface area contributed by atoms with E-state index in [0.29, 0.717) is 55.2 Å². The number of thiophene rings is 1. The molecule has 4 aromatic rings. The molecule has 1 N–H and O–H groups in total. The number of para-hydroxylation sites is 1. The first-order chi connectivity index (χ1) is 22.0. The highest BCUT2D eigenvalue weighted by molar-refractivity contribution is 7.99. The number of carbonyl (C=O) groups is 2. The van der Waals surface area contributed by atoms with Crippen molar-refractivity contribution in [1.82, 2.24) is 4.98 Å². The SMILES string of the molecule is COC(=O)c1c(NC(=O)CCSc2nc(-c3ccccc3)cc(-c3cccc(OC)c3OC)c2C#N)sc2c1CCCCCC2. The van der Waals surface area contributed by atoms with E-state index in [9.17, 15) is 14.9 Å². The van der Waals surface area contributed by atoms with Crippen molar-refractivity contribution < 1.29 is 23.8 Å². The second kappa shape index (κ2) is 15.1. The van der Waals surface area contributed by atoms with E-state index in [1.807, 2.05) is 48.5 Å². The Labute approximate surface area is 271 Å². The number of amides is 1. The fraction of sp³-hybridized carbons (Fsp3) is 0.314. The molecule has 232 valence electrons. The van der Waals surface area contributed by atoms with Gasteiger partial charge < -0.3 is 19.5 Å². The summed E-state index contributed by atoms with van der Waals surface area (Å²) in [6.07, 6.45) is 6.24. The van der Waals surface area contributed by atoms with Crippen molar-refractivity contribution in [3.8, 4) is 40.0 Å². The standard InChI is InChI=1S/C35H35N3O5S2/c1-41-28-16-11-15-23(32(28)42-2)25-20-27(22-12-7-6-8-13-22)37-33(26(25)21-36)44-19-18-30(39)38-34-31(35(40)43-3)24-14-9-4-5-10-17-29(24)45-34/h6-8,11-13,15-16,20H,4-5,9-10,14,17-19H2,1-3H3,(H,38,39). The number of fused-ring (bicyclic) bond motifs is 1. The quantitative estimate of drug-likeness (QED) is 0.137. The van der Waals surface area contributed by atoms with Crippen LogP contribution < -0.4 is 14.8 Å². The van der Waals surface area contributed by atoms with Crippen molar-refractivity contribution in [2.45, 2.75) is 50.0 Å². The lowest BCUT2D eigenvalue weighted by Crippen LogP contribution is -2.15. The largest absolute Gasteiger partial charge is 0.493 e. The Balaban J connectivity index is 1.42. The van der Waals surface area contributed by atoms with Crippen LogP contribution >= 0.6 is 23.1 Å². The van der Waals surface area contributed by atoms with E-state index in [2.05, 4.69) is 11.4 Å². The molecule has 1 aliphatic rings. The molecule has 1 aliphatic carbocycles. The Morgan fingerprint density at radius 3 is 2.47 bits per heavy atom. The molecule has 0 radical (unpaired) electrons. The van der Waals surface area contributed by atoms with Crippen molar-refractivity contribution in [3.63, 3.8) is 0 Å². The number of hydrogen-bond acceptors (Lipinski definition) is 9. The second-order valence-electron chi connectivity index (χ2n) is 10.5. The minimum Gasteiger partial charge on any atom is -0.493 e. The van der Waals surface area contributed by atoms with Gasteiger partial charge in [-0.3, -0.25) is 4.79 Å². The predicted octanol–water partition coefficient (Wildman–Crippen LogP) is 7.93. The monoisotopic (exact) mass is 641 g/mol. The molecule has 0 spiro atoms. The van der Waals surface area contributed by atoms with Crippen LogP contribution in [0.4, 0.5) is 5.00 Å². The van der Waals surface area contributed by atoms with Crippen LogP contribution in [-0.2, 0) is 22.4 Å². The average Bonchev–Trinajstić information content (AvgIpc) is 3.38. The van der Waals surface area contributed by atoms with Crippen molar-refractivity contribution in [2.24, 2.45) is 0 Å². The number of rotatable bonds is 10. The maximum absolute atomic E-state index is 13.2.